The lowest BCUT2D eigenvalue weighted by atomic mass is 9.89. The number of halogens is 1. The van der Waals surface area contributed by atoms with E-state index in [2.05, 4.69) is 53.3 Å². The van der Waals surface area contributed by atoms with Crippen LogP contribution in [0.25, 0.3) is 0 Å². The fraction of sp³-hybridized carbons (Fsp3) is 0.588. The van der Waals surface area contributed by atoms with Crippen molar-refractivity contribution in [1.82, 2.24) is 5.32 Å². The van der Waals surface area contributed by atoms with Crippen LogP contribution < -0.4 is 5.32 Å². The zero-order chi connectivity index (χ0) is 14.5. The molecule has 2 nitrogen and oxygen atoms in total. The number of rotatable bonds is 4. The Morgan fingerprint density at radius 3 is 2.70 bits per heavy atom. The smallest absolute Gasteiger partial charge is 0.224 e. The molecule has 0 radical (unpaired) electrons. The van der Waals surface area contributed by atoms with Gasteiger partial charge in [0.25, 0.3) is 0 Å². The number of carbonyl (C=O) groups is 1. The molecule has 2 atom stereocenters. The van der Waals surface area contributed by atoms with Crippen LogP contribution in [0.5, 0.6) is 0 Å². The molecule has 20 heavy (non-hydrogen) atoms. The van der Waals surface area contributed by atoms with Crippen LogP contribution in [0.2, 0.25) is 0 Å². The van der Waals surface area contributed by atoms with Gasteiger partial charge in [0.2, 0.25) is 5.91 Å². The Morgan fingerprint density at radius 2 is 2.00 bits per heavy atom. The summed E-state index contributed by atoms with van der Waals surface area (Å²) in [7, 11) is 0. The van der Waals surface area contributed by atoms with Crippen molar-refractivity contribution in [2.75, 3.05) is 6.54 Å². The lowest BCUT2D eigenvalue weighted by Crippen LogP contribution is -2.35. The summed E-state index contributed by atoms with van der Waals surface area (Å²) in [5.74, 6) is 0.728. The summed E-state index contributed by atoms with van der Waals surface area (Å²) < 4.78 is 0. The standard InChI is InChI=1S/C17H24BrNO/c1-12-7-8-14(9-13(12)2)10-17(20)19-11-15-5-3-4-6-16(15)18/h7-9,15-16H,3-6,10-11H2,1-2H3,(H,19,20). The van der Waals surface area contributed by atoms with Crippen molar-refractivity contribution in [1.29, 1.82) is 0 Å². The zero-order valence-corrected chi connectivity index (χ0v) is 14.0. The maximum Gasteiger partial charge on any atom is 0.224 e. The molecule has 2 rings (SSSR count). The van der Waals surface area contributed by atoms with Gasteiger partial charge in [-0.15, -0.1) is 0 Å². The molecule has 1 aromatic carbocycles. The minimum atomic E-state index is 0.138. The summed E-state index contributed by atoms with van der Waals surface area (Å²) in [6.45, 7) is 4.99. The molecule has 0 aliphatic heterocycles. The largest absolute Gasteiger partial charge is 0.355 e. The summed E-state index contributed by atoms with van der Waals surface area (Å²) in [5, 5.41) is 3.10. The van der Waals surface area contributed by atoms with Crippen LogP contribution in [-0.4, -0.2) is 17.3 Å². The maximum atomic E-state index is 12.0. The van der Waals surface area contributed by atoms with E-state index in [0.29, 0.717) is 17.2 Å². The minimum absolute atomic E-state index is 0.138. The monoisotopic (exact) mass is 337 g/mol. The van der Waals surface area contributed by atoms with Crippen molar-refractivity contribution in [3.63, 3.8) is 0 Å². The van der Waals surface area contributed by atoms with Crippen LogP contribution in [0.4, 0.5) is 0 Å². The van der Waals surface area contributed by atoms with E-state index >= 15 is 0 Å². The molecule has 0 aromatic heterocycles. The fourth-order valence-electron chi connectivity index (χ4n) is 2.80. The second-order valence-electron chi connectivity index (χ2n) is 5.96. The minimum Gasteiger partial charge on any atom is -0.355 e. The van der Waals surface area contributed by atoms with Gasteiger partial charge in [0, 0.05) is 11.4 Å². The van der Waals surface area contributed by atoms with Crippen molar-refractivity contribution < 1.29 is 4.79 Å². The highest BCUT2D eigenvalue weighted by molar-refractivity contribution is 9.09. The normalized spacial score (nSPS) is 22.6. The summed E-state index contributed by atoms with van der Waals surface area (Å²) in [4.78, 5) is 12.6. The SMILES string of the molecule is Cc1ccc(CC(=O)NCC2CCCCC2Br)cc1C. The van der Waals surface area contributed by atoms with Crippen LogP contribution in [0.15, 0.2) is 18.2 Å². The zero-order valence-electron chi connectivity index (χ0n) is 12.4. The fourth-order valence-corrected chi connectivity index (χ4v) is 3.57. The topological polar surface area (TPSA) is 29.1 Å². The molecule has 1 N–H and O–H groups in total. The average molecular weight is 338 g/mol. The van der Waals surface area contributed by atoms with Crippen molar-refractivity contribution >= 4 is 21.8 Å². The third-order valence-corrected chi connectivity index (χ3v) is 5.52. The van der Waals surface area contributed by atoms with Gasteiger partial charge in [-0.25, -0.2) is 0 Å². The number of alkyl halides is 1. The number of nitrogens with one attached hydrogen (secondary N) is 1. The molecular weight excluding hydrogens is 314 g/mol. The number of aryl methyl sites for hydroxylation is 2. The molecular formula is C17H24BrNO. The van der Waals surface area contributed by atoms with Gasteiger partial charge >= 0.3 is 0 Å². The maximum absolute atomic E-state index is 12.0. The van der Waals surface area contributed by atoms with Crippen molar-refractivity contribution in [2.45, 2.75) is 50.8 Å². The van der Waals surface area contributed by atoms with Gasteiger partial charge in [-0.05, 0) is 49.3 Å². The van der Waals surface area contributed by atoms with E-state index in [4.69, 9.17) is 0 Å². The van der Waals surface area contributed by atoms with Crippen molar-refractivity contribution in [2.24, 2.45) is 5.92 Å². The number of carbonyl (C=O) groups excluding carboxylic acids is 1. The summed E-state index contributed by atoms with van der Waals surface area (Å²) >= 11 is 3.74. The second kappa shape index (κ2) is 7.26. The van der Waals surface area contributed by atoms with Crippen LogP contribution >= 0.6 is 15.9 Å². The highest BCUT2D eigenvalue weighted by Gasteiger charge is 2.22. The lowest BCUT2D eigenvalue weighted by Gasteiger charge is -2.27. The van der Waals surface area contributed by atoms with E-state index in [1.54, 1.807) is 0 Å². The van der Waals surface area contributed by atoms with Gasteiger partial charge < -0.3 is 5.32 Å². The Bertz CT molecular complexity index is 472. The van der Waals surface area contributed by atoms with E-state index in [1.807, 2.05) is 0 Å². The molecule has 1 amide bonds. The Hall–Kier alpha value is -0.830. The molecule has 1 fully saturated rings. The molecule has 0 saturated heterocycles. The molecule has 110 valence electrons. The number of hydrogen-bond donors (Lipinski definition) is 1. The Kier molecular flexibility index (Phi) is 5.64. The number of benzene rings is 1. The molecule has 1 aliphatic carbocycles. The van der Waals surface area contributed by atoms with Crippen LogP contribution in [0, 0.1) is 19.8 Å². The predicted octanol–water partition coefficient (Wildman–Crippen LogP) is 3.92. The van der Waals surface area contributed by atoms with Crippen LogP contribution in [-0.2, 0) is 11.2 Å². The van der Waals surface area contributed by atoms with Gasteiger partial charge in [-0.1, -0.05) is 47.0 Å². The Labute approximate surface area is 130 Å². The first-order chi connectivity index (χ1) is 9.56. The van der Waals surface area contributed by atoms with Crippen LogP contribution in [0.3, 0.4) is 0 Å². The van der Waals surface area contributed by atoms with E-state index in [1.165, 1.54) is 36.8 Å². The molecule has 2 unspecified atom stereocenters. The first kappa shape index (κ1) is 15.6. The highest BCUT2D eigenvalue weighted by Crippen LogP contribution is 2.29. The van der Waals surface area contributed by atoms with E-state index < -0.39 is 0 Å². The molecule has 0 spiro atoms. The lowest BCUT2D eigenvalue weighted by molar-refractivity contribution is -0.120. The Balaban J connectivity index is 1.81. The molecule has 1 aliphatic rings. The first-order valence-corrected chi connectivity index (χ1v) is 8.44. The van der Waals surface area contributed by atoms with Crippen molar-refractivity contribution in [3.8, 4) is 0 Å². The quantitative estimate of drug-likeness (QED) is 0.829. The second-order valence-corrected chi connectivity index (χ2v) is 7.14. The van der Waals surface area contributed by atoms with E-state index in [9.17, 15) is 4.79 Å². The summed E-state index contributed by atoms with van der Waals surface area (Å²) in [6, 6.07) is 6.26. The van der Waals surface area contributed by atoms with Gasteiger partial charge in [0.1, 0.15) is 0 Å². The third-order valence-electron chi connectivity index (χ3n) is 4.31. The van der Waals surface area contributed by atoms with Crippen molar-refractivity contribution in [3.05, 3.63) is 34.9 Å². The van der Waals surface area contributed by atoms with Crippen LogP contribution in [0.1, 0.15) is 42.4 Å². The summed E-state index contributed by atoms with van der Waals surface area (Å²) in [5.41, 5.74) is 3.63. The molecule has 3 heteroatoms. The van der Waals surface area contributed by atoms with Gasteiger partial charge in [0.05, 0.1) is 6.42 Å². The molecule has 1 saturated carbocycles. The van der Waals surface area contributed by atoms with Gasteiger partial charge in [-0.3, -0.25) is 4.79 Å². The molecule has 0 bridgehead atoms. The Morgan fingerprint density at radius 1 is 1.25 bits per heavy atom. The molecule has 0 heterocycles. The predicted molar refractivity (Wildman–Crippen MR) is 87.3 cm³/mol. The summed E-state index contributed by atoms with van der Waals surface area (Å²) in [6.07, 6.45) is 5.54. The number of hydrogen-bond acceptors (Lipinski definition) is 1. The highest BCUT2D eigenvalue weighted by atomic mass is 79.9. The molecule has 1 aromatic rings. The average Bonchev–Trinajstić information content (AvgIpc) is 2.42. The van der Waals surface area contributed by atoms with E-state index in [0.717, 1.165) is 12.1 Å². The van der Waals surface area contributed by atoms with Gasteiger partial charge in [0.15, 0.2) is 0 Å². The number of amides is 1. The van der Waals surface area contributed by atoms with Gasteiger partial charge in [-0.2, -0.15) is 0 Å². The first-order valence-electron chi connectivity index (χ1n) is 7.53. The van der Waals surface area contributed by atoms with E-state index in [-0.39, 0.29) is 5.91 Å². The third kappa shape index (κ3) is 4.34.